The Labute approximate surface area is 518 Å². The third-order valence-electron chi connectivity index (χ3n) is 16.2. The maximum atomic E-state index is 2.43. The second-order valence-corrected chi connectivity index (χ2v) is 22.1. The van der Waals surface area contributed by atoms with Gasteiger partial charge in [-0.25, -0.2) is 0 Å². The molecule has 0 aromatic heterocycles. The van der Waals surface area contributed by atoms with E-state index in [2.05, 4.69) is 397 Å². The summed E-state index contributed by atoms with van der Waals surface area (Å²) >= 11 is 0. The maximum absolute atomic E-state index is 2.43. The van der Waals surface area contributed by atoms with E-state index in [1.54, 1.807) is 0 Å². The highest BCUT2D eigenvalue weighted by Crippen LogP contribution is 2.50. The van der Waals surface area contributed by atoms with Crippen LogP contribution in [0, 0.1) is 27.7 Å². The van der Waals surface area contributed by atoms with Crippen LogP contribution >= 0.6 is 0 Å². The molecule has 0 bridgehead atoms. The number of rotatable bonds is 18. The van der Waals surface area contributed by atoms with Gasteiger partial charge < -0.3 is 29.4 Å². The van der Waals surface area contributed by atoms with E-state index in [1.165, 1.54) is 0 Å². The molecule has 426 valence electrons. The quantitative estimate of drug-likeness (QED) is 0.0847. The molecule has 0 atom stereocenters. The summed E-state index contributed by atoms with van der Waals surface area (Å²) in [7, 11) is 0. The number of nitrogens with zero attached hydrogens (tertiary/aromatic N) is 6. The molecule has 13 aromatic rings. The van der Waals surface area contributed by atoms with Crippen LogP contribution < -0.4 is 29.4 Å². The van der Waals surface area contributed by atoms with Gasteiger partial charge in [-0.3, -0.25) is 0 Å². The molecule has 0 spiro atoms. The lowest BCUT2D eigenvalue weighted by atomic mass is 10.1. The molecule has 0 aliphatic carbocycles. The first-order chi connectivity index (χ1) is 43.3. The van der Waals surface area contributed by atoms with Crippen molar-refractivity contribution in [3.63, 3.8) is 0 Å². The third kappa shape index (κ3) is 11.6. The topological polar surface area (TPSA) is 19.4 Å². The van der Waals surface area contributed by atoms with Gasteiger partial charge in [-0.05, 0) is 202 Å². The van der Waals surface area contributed by atoms with Crippen LogP contribution in [0.1, 0.15) is 22.3 Å². The van der Waals surface area contributed by atoms with E-state index in [4.69, 9.17) is 0 Å². The molecule has 0 unspecified atom stereocenters. The molecule has 0 aliphatic rings. The molecule has 0 radical (unpaired) electrons. The smallest absolute Gasteiger partial charge is 0.0503 e. The Balaban J connectivity index is 1.07. The van der Waals surface area contributed by atoms with Crippen molar-refractivity contribution in [2.75, 3.05) is 29.4 Å². The summed E-state index contributed by atoms with van der Waals surface area (Å²) in [5.74, 6) is 0. The van der Waals surface area contributed by atoms with Gasteiger partial charge >= 0.3 is 0 Å². The first-order valence-corrected chi connectivity index (χ1v) is 30.1. The molecule has 0 aliphatic heterocycles. The molecule has 0 saturated carbocycles. The summed E-state index contributed by atoms with van der Waals surface area (Å²) in [5, 5.41) is 0. The van der Waals surface area contributed by atoms with E-state index in [1.807, 2.05) is 0 Å². The summed E-state index contributed by atoms with van der Waals surface area (Å²) < 4.78 is 0. The molecule has 88 heavy (non-hydrogen) atoms. The first-order valence-electron chi connectivity index (χ1n) is 30.1. The third-order valence-corrected chi connectivity index (χ3v) is 16.2. The van der Waals surface area contributed by atoms with Crippen LogP contribution in [0.4, 0.5) is 102 Å². The average Bonchev–Trinajstić information content (AvgIpc) is 3.35. The zero-order chi connectivity index (χ0) is 59.8. The predicted molar refractivity (Wildman–Crippen MR) is 373 cm³/mol. The Hall–Kier alpha value is -11.3. The molecule has 0 fully saturated rings. The zero-order valence-corrected chi connectivity index (χ0v) is 50.0. The molecule has 0 N–H and O–H groups in total. The van der Waals surface area contributed by atoms with Gasteiger partial charge in [0.25, 0.3) is 0 Å². The van der Waals surface area contributed by atoms with Crippen molar-refractivity contribution in [3.05, 3.63) is 362 Å². The normalized spacial score (nSPS) is 11.0. The number of aryl methyl sites for hydroxylation is 4. The van der Waals surface area contributed by atoms with Crippen LogP contribution in [0.5, 0.6) is 0 Å². The molecule has 6 heteroatoms. The van der Waals surface area contributed by atoms with Crippen molar-refractivity contribution in [2.45, 2.75) is 27.7 Å². The average molecular weight is 1140 g/mol. The summed E-state index contributed by atoms with van der Waals surface area (Å²) in [5.41, 5.74) is 23.2. The van der Waals surface area contributed by atoms with Crippen molar-refractivity contribution >= 4 is 102 Å². The number of para-hydroxylation sites is 10. The lowest BCUT2D eigenvalue weighted by Crippen LogP contribution is -2.18. The molecule has 6 nitrogen and oxygen atoms in total. The van der Waals surface area contributed by atoms with Crippen molar-refractivity contribution in [2.24, 2.45) is 0 Å². The van der Waals surface area contributed by atoms with Crippen molar-refractivity contribution in [1.82, 2.24) is 0 Å². The molecule has 13 rings (SSSR count). The van der Waals surface area contributed by atoms with E-state index in [0.717, 1.165) is 125 Å². The van der Waals surface area contributed by atoms with Gasteiger partial charge in [-0.15, -0.1) is 0 Å². The van der Waals surface area contributed by atoms with E-state index in [0.29, 0.717) is 0 Å². The highest BCUT2D eigenvalue weighted by atomic mass is 15.2. The van der Waals surface area contributed by atoms with Crippen LogP contribution in [0.2, 0.25) is 0 Å². The lowest BCUT2D eigenvalue weighted by molar-refractivity contribution is 1.19. The Kier molecular flexibility index (Phi) is 16.2. The second-order valence-electron chi connectivity index (χ2n) is 22.1. The van der Waals surface area contributed by atoms with Gasteiger partial charge in [0.2, 0.25) is 0 Å². The fraction of sp³-hybridized carbons (Fsp3) is 0.0488. The largest absolute Gasteiger partial charge is 0.310 e. The Morgan fingerprint density at radius 2 is 0.295 bits per heavy atom. The minimum atomic E-state index is 0.976. The molecular formula is C82H68N6. The minimum Gasteiger partial charge on any atom is -0.310 e. The van der Waals surface area contributed by atoms with Gasteiger partial charge in [0.1, 0.15) is 0 Å². The predicted octanol–water partition coefficient (Wildman–Crippen LogP) is 23.7. The summed E-state index contributed by atoms with van der Waals surface area (Å²) in [6.07, 6.45) is 0. The number of hydrogen-bond acceptors (Lipinski definition) is 6. The van der Waals surface area contributed by atoms with Crippen molar-refractivity contribution in [3.8, 4) is 0 Å². The SMILES string of the molecule is Cc1ccccc1N(c1cc(N(c2ccccc2)c2ccccc2)cc(N(c2ccccc2)c2cccc(N(c3ccccc3)c3cc(N(c4ccccc4)c4ccccc4)cc(N(c4ccccc4C)c4ccccc4C)c3)c2)c1)c1ccccc1C. The van der Waals surface area contributed by atoms with Gasteiger partial charge in [0.05, 0.1) is 34.1 Å². The Morgan fingerprint density at radius 3 is 0.511 bits per heavy atom. The fourth-order valence-corrected chi connectivity index (χ4v) is 12.0. The van der Waals surface area contributed by atoms with Gasteiger partial charge in [0, 0.05) is 68.2 Å². The highest BCUT2D eigenvalue weighted by Gasteiger charge is 2.27. The van der Waals surface area contributed by atoms with Crippen molar-refractivity contribution < 1.29 is 0 Å². The molecule has 13 aromatic carbocycles. The Morgan fingerprint density at radius 1 is 0.136 bits per heavy atom. The molecule has 0 amide bonds. The van der Waals surface area contributed by atoms with Crippen LogP contribution in [-0.2, 0) is 0 Å². The van der Waals surface area contributed by atoms with E-state index in [-0.39, 0.29) is 0 Å². The molecule has 0 heterocycles. The second kappa shape index (κ2) is 25.5. The maximum Gasteiger partial charge on any atom is 0.0503 e. The minimum absolute atomic E-state index is 0.976. The zero-order valence-electron chi connectivity index (χ0n) is 50.0. The monoisotopic (exact) mass is 1140 g/mol. The highest BCUT2D eigenvalue weighted by molar-refractivity contribution is 5.94. The van der Waals surface area contributed by atoms with E-state index >= 15 is 0 Å². The van der Waals surface area contributed by atoms with Crippen molar-refractivity contribution in [1.29, 1.82) is 0 Å². The van der Waals surface area contributed by atoms with Crippen LogP contribution in [0.15, 0.2) is 340 Å². The molecule has 0 saturated heterocycles. The van der Waals surface area contributed by atoms with Crippen LogP contribution in [0.25, 0.3) is 0 Å². The number of benzene rings is 13. The summed E-state index contributed by atoms with van der Waals surface area (Å²) in [4.78, 5) is 14.4. The fourth-order valence-electron chi connectivity index (χ4n) is 12.0. The summed E-state index contributed by atoms with van der Waals surface area (Å²) in [6, 6.07) is 122. The molecular weight excluding hydrogens is 1070 g/mol. The van der Waals surface area contributed by atoms with Crippen LogP contribution in [-0.4, -0.2) is 0 Å². The lowest BCUT2D eigenvalue weighted by Gasteiger charge is -2.35. The standard InChI is InChI=1S/C82H68N6/c1-61-32-23-27-50-79(61)87(80-51-28-24-33-62(80)2)77-57-73(83(65-36-11-5-12-37-65)66-38-13-6-14-39-66)55-75(59-77)85(69-44-19-9-20-45-69)71-48-31-49-72(54-71)86(70-46-21-10-22-47-70)76-56-74(84(67-40-15-7-16-41-67)68-42-17-8-18-43-68)58-78(60-76)88(81-52-29-25-34-63(81)3)82-53-30-26-35-64(82)4/h5-60H,1-4H3. The number of anilines is 18. The van der Waals surface area contributed by atoms with Gasteiger partial charge in [-0.2, -0.15) is 0 Å². The van der Waals surface area contributed by atoms with E-state index < -0.39 is 0 Å². The van der Waals surface area contributed by atoms with Gasteiger partial charge in [0.15, 0.2) is 0 Å². The number of hydrogen-bond donors (Lipinski definition) is 0. The summed E-state index contributed by atoms with van der Waals surface area (Å²) in [6.45, 7) is 8.81. The van der Waals surface area contributed by atoms with E-state index in [9.17, 15) is 0 Å². The van der Waals surface area contributed by atoms with Crippen LogP contribution in [0.3, 0.4) is 0 Å². The Bertz CT molecular complexity index is 4010. The first kappa shape index (κ1) is 55.8. The van der Waals surface area contributed by atoms with Gasteiger partial charge in [-0.1, -0.05) is 188 Å².